The lowest BCUT2D eigenvalue weighted by atomic mass is 9.93. The Kier molecular flexibility index (Phi) is 6.64. The molecule has 1 amide bonds. The smallest absolute Gasteiger partial charge is 0.354 e. The maximum atomic E-state index is 14.7. The van der Waals surface area contributed by atoms with Crippen molar-refractivity contribution in [2.24, 2.45) is 5.92 Å². The number of aromatic nitrogens is 4. The first kappa shape index (κ1) is 23.8. The first-order chi connectivity index (χ1) is 16.1. The highest BCUT2D eigenvalue weighted by molar-refractivity contribution is 7.87. The minimum atomic E-state index is -4.22. The van der Waals surface area contributed by atoms with Crippen molar-refractivity contribution in [1.82, 2.24) is 25.1 Å². The van der Waals surface area contributed by atoms with Crippen LogP contribution in [0.4, 0.5) is 19.5 Å². The third-order valence-electron chi connectivity index (χ3n) is 5.66. The number of aryl methyl sites for hydroxylation is 2. The lowest BCUT2D eigenvalue weighted by Gasteiger charge is -2.37. The Bertz CT molecular complexity index is 1270. The molecule has 1 aromatic carbocycles. The van der Waals surface area contributed by atoms with Gasteiger partial charge in [-0.1, -0.05) is 29.8 Å². The number of benzene rings is 1. The van der Waals surface area contributed by atoms with E-state index in [0.29, 0.717) is 11.0 Å². The molecule has 0 aliphatic carbocycles. The number of aromatic amines is 1. The summed E-state index contributed by atoms with van der Waals surface area (Å²) in [5.74, 6) is -4.61. The maximum Gasteiger partial charge on any atom is 0.425 e. The van der Waals surface area contributed by atoms with Crippen molar-refractivity contribution < 1.29 is 26.2 Å². The molecule has 4 rings (SSSR count). The number of nitrogens with one attached hydrogen (secondary N) is 2. The van der Waals surface area contributed by atoms with Crippen LogP contribution in [0.25, 0.3) is 11.0 Å². The predicted octanol–water partition coefficient (Wildman–Crippen LogP) is 2.74. The zero-order valence-electron chi connectivity index (χ0n) is 18.4. The molecule has 34 heavy (non-hydrogen) atoms. The molecular formula is C21H24F2N6O4S. The molecule has 1 aliphatic rings. The van der Waals surface area contributed by atoms with Gasteiger partial charge in [0.15, 0.2) is 5.65 Å². The molecule has 0 bridgehead atoms. The highest BCUT2D eigenvalue weighted by atomic mass is 32.2. The molecule has 0 radical (unpaired) electrons. The molecule has 13 heteroatoms. The Morgan fingerprint density at radius 1 is 1.29 bits per heavy atom. The summed E-state index contributed by atoms with van der Waals surface area (Å²) in [7, 11) is -4.22. The fourth-order valence-corrected chi connectivity index (χ4v) is 4.52. The van der Waals surface area contributed by atoms with E-state index in [1.165, 1.54) is 6.20 Å². The third-order valence-corrected chi connectivity index (χ3v) is 6.76. The molecule has 0 saturated carbocycles. The molecule has 3 aromatic rings. The molecule has 0 spiro atoms. The minimum Gasteiger partial charge on any atom is -0.354 e. The first-order valence-corrected chi connectivity index (χ1v) is 12.2. The number of nitrogens with zero attached hydrogens (tertiary/aromatic N) is 4. The van der Waals surface area contributed by atoms with Crippen molar-refractivity contribution in [1.29, 1.82) is 0 Å². The average molecular weight is 495 g/mol. The van der Waals surface area contributed by atoms with Crippen molar-refractivity contribution in [2.75, 3.05) is 30.7 Å². The number of fused-ring (bicyclic) bond motifs is 1. The topological polar surface area (TPSA) is 130 Å². The van der Waals surface area contributed by atoms with Gasteiger partial charge in [-0.15, -0.1) is 0 Å². The van der Waals surface area contributed by atoms with Crippen LogP contribution >= 0.6 is 0 Å². The minimum absolute atomic E-state index is 0.0508. The lowest BCUT2D eigenvalue weighted by molar-refractivity contribution is -0.0984. The van der Waals surface area contributed by atoms with E-state index >= 15 is 0 Å². The summed E-state index contributed by atoms with van der Waals surface area (Å²) in [4.78, 5) is 21.2. The van der Waals surface area contributed by atoms with Crippen LogP contribution in [0.1, 0.15) is 17.5 Å². The number of alkyl halides is 2. The van der Waals surface area contributed by atoms with Gasteiger partial charge in [-0.05, 0) is 25.3 Å². The summed E-state index contributed by atoms with van der Waals surface area (Å²) in [6.07, 6.45) is 1.87. The number of carbonyl (C=O) groups excluding carboxylic acids is 1. The SMILES string of the molecule is Cc1ccc(CCS(=O)(=O)OC(=O)N2CC[C@H](CNc3ncc4cn[nH]c4n3)C(F)(F)C2)cc1. The Balaban J connectivity index is 1.29. The molecule has 1 saturated heterocycles. The van der Waals surface area contributed by atoms with Crippen LogP contribution in [0.2, 0.25) is 0 Å². The number of likely N-dealkylation sites (tertiary alicyclic amines) is 1. The molecule has 1 aliphatic heterocycles. The number of carbonyl (C=O) groups is 1. The van der Waals surface area contributed by atoms with Crippen molar-refractivity contribution in [3.8, 4) is 0 Å². The van der Waals surface area contributed by atoms with E-state index in [4.69, 9.17) is 0 Å². The van der Waals surface area contributed by atoms with E-state index in [2.05, 4.69) is 29.7 Å². The fourth-order valence-electron chi connectivity index (χ4n) is 3.63. The van der Waals surface area contributed by atoms with Crippen LogP contribution in [-0.2, 0) is 20.7 Å². The van der Waals surface area contributed by atoms with Gasteiger partial charge in [-0.25, -0.2) is 18.6 Å². The molecule has 3 heterocycles. The number of anilines is 1. The molecule has 1 atom stereocenters. The largest absolute Gasteiger partial charge is 0.425 e. The van der Waals surface area contributed by atoms with E-state index in [0.717, 1.165) is 16.0 Å². The monoisotopic (exact) mass is 494 g/mol. The highest BCUT2D eigenvalue weighted by Gasteiger charge is 2.46. The number of piperidine rings is 1. The van der Waals surface area contributed by atoms with Crippen LogP contribution in [0.15, 0.2) is 36.7 Å². The highest BCUT2D eigenvalue weighted by Crippen LogP contribution is 2.33. The number of rotatable bonds is 7. The molecule has 1 fully saturated rings. The van der Waals surface area contributed by atoms with E-state index in [-0.39, 0.29) is 31.9 Å². The molecule has 2 N–H and O–H groups in total. The van der Waals surface area contributed by atoms with Gasteiger partial charge in [-0.3, -0.25) is 5.10 Å². The second-order valence-electron chi connectivity index (χ2n) is 8.26. The van der Waals surface area contributed by atoms with Gasteiger partial charge in [0.05, 0.1) is 23.9 Å². The number of hydrogen-bond donors (Lipinski definition) is 2. The number of hydrogen-bond acceptors (Lipinski definition) is 8. The van der Waals surface area contributed by atoms with Gasteiger partial charge in [0, 0.05) is 25.2 Å². The van der Waals surface area contributed by atoms with E-state index < -0.39 is 40.3 Å². The Morgan fingerprint density at radius 2 is 2.06 bits per heavy atom. The molecular weight excluding hydrogens is 470 g/mol. The third kappa shape index (κ3) is 5.76. The van der Waals surface area contributed by atoms with E-state index in [9.17, 15) is 22.0 Å². The van der Waals surface area contributed by atoms with Gasteiger partial charge in [0.2, 0.25) is 5.95 Å². The summed E-state index contributed by atoms with van der Waals surface area (Å²) in [5, 5.41) is 9.98. The quantitative estimate of drug-likeness (QED) is 0.480. The molecule has 0 unspecified atom stereocenters. The second kappa shape index (κ2) is 9.49. The Hall–Kier alpha value is -3.35. The zero-order valence-corrected chi connectivity index (χ0v) is 19.2. The first-order valence-electron chi connectivity index (χ1n) is 10.7. The van der Waals surface area contributed by atoms with E-state index in [1.54, 1.807) is 18.3 Å². The van der Waals surface area contributed by atoms with Crippen molar-refractivity contribution in [3.05, 3.63) is 47.8 Å². The lowest BCUT2D eigenvalue weighted by Crippen LogP contribution is -2.52. The number of H-pyrrole nitrogens is 1. The normalized spacial score (nSPS) is 18.1. The number of amides is 1. The average Bonchev–Trinajstić information content (AvgIpc) is 3.25. The van der Waals surface area contributed by atoms with Crippen LogP contribution in [0.3, 0.4) is 0 Å². The van der Waals surface area contributed by atoms with Crippen LogP contribution < -0.4 is 5.32 Å². The zero-order chi connectivity index (χ0) is 24.3. The van der Waals surface area contributed by atoms with Gasteiger partial charge in [0.1, 0.15) is 0 Å². The van der Waals surface area contributed by atoms with Crippen LogP contribution in [-0.4, -0.2) is 70.9 Å². The van der Waals surface area contributed by atoms with Gasteiger partial charge >= 0.3 is 16.2 Å². The Labute approximate surface area is 194 Å². The predicted molar refractivity (Wildman–Crippen MR) is 120 cm³/mol. The molecule has 182 valence electrons. The summed E-state index contributed by atoms with van der Waals surface area (Å²) in [6.45, 7) is 0.788. The maximum absolute atomic E-state index is 14.7. The summed E-state index contributed by atoms with van der Waals surface area (Å²) in [6, 6.07) is 7.25. The summed E-state index contributed by atoms with van der Waals surface area (Å²) >= 11 is 0. The van der Waals surface area contributed by atoms with Crippen LogP contribution in [0, 0.1) is 12.8 Å². The standard InChI is InChI=1S/C21H24F2N6O4S/c1-14-2-4-15(5-3-14)7-9-34(31,32)33-20(30)29-8-6-17(21(22,23)13-29)12-25-19-24-10-16-11-26-28-18(16)27-19/h2-5,10-11,17H,6-9,12-13H2,1H3,(H2,24,25,26,27,28)/t17-/m1/s1. The van der Waals surface area contributed by atoms with Gasteiger partial charge in [0.25, 0.3) is 5.92 Å². The molecule has 10 nitrogen and oxygen atoms in total. The van der Waals surface area contributed by atoms with Crippen molar-refractivity contribution in [3.63, 3.8) is 0 Å². The van der Waals surface area contributed by atoms with E-state index in [1.807, 2.05) is 19.1 Å². The van der Waals surface area contributed by atoms with Gasteiger partial charge < -0.3 is 14.4 Å². The van der Waals surface area contributed by atoms with Crippen molar-refractivity contribution >= 4 is 33.2 Å². The molecule has 2 aromatic heterocycles. The van der Waals surface area contributed by atoms with Gasteiger partial charge in [-0.2, -0.15) is 18.5 Å². The summed E-state index contributed by atoms with van der Waals surface area (Å²) in [5.41, 5.74) is 2.27. The summed E-state index contributed by atoms with van der Waals surface area (Å²) < 4.78 is 58.4. The van der Waals surface area contributed by atoms with Crippen LogP contribution in [0.5, 0.6) is 0 Å². The second-order valence-corrected chi connectivity index (χ2v) is 9.95. The Morgan fingerprint density at radius 3 is 2.79 bits per heavy atom. The van der Waals surface area contributed by atoms with Crippen molar-refractivity contribution in [2.45, 2.75) is 25.7 Å². The number of halogens is 2. The fraction of sp³-hybridized carbons (Fsp3) is 0.429.